The lowest BCUT2D eigenvalue weighted by atomic mass is 10.2. The summed E-state index contributed by atoms with van der Waals surface area (Å²) in [5, 5.41) is 9.21. The molecule has 0 bridgehead atoms. The fourth-order valence-electron chi connectivity index (χ4n) is 2.47. The average molecular weight is 265 g/mol. The Balaban J connectivity index is 1.91. The van der Waals surface area contributed by atoms with E-state index in [1.54, 1.807) is 17.0 Å². The Hall–Kier alpha value is -1.40. The van der Waals surface area contributed by atoms with Crippen LogP contribution in [-0.4, -0.2) is 46.6 Å². The molecule has 1 saturated heterocycles. The number of ether oxygens (including phenoxy) is 1. The van der Waals surface area contributed by atoms with Gasteiger partial charge in [0, 0.05) is 25.0 Å². The second kappa shape index (κ2) is 4.94. The third kappa shape index (κ3) is 2.37. The first-order valence-corrected chi connectivity index (χ1v) is 6.77. The van der Waals surface area contributed by atoms with Gasteiger partial charge in [0.2, 0.25) is 0 Å². The quantitative estimate of drug-likeness (QED) is 0.843. The topological polar surface area (TPSA) is 67.6 Å². The zero-order valence-corrected chi connectivity index (χ0v) is 11.0. The van der Waals surface area contributed by atoms with Crippen molar-refractivity contribution in [1.82, 2.24) is 9.55 Å². The Labute approximate surface area is 111 Å². The molecule has 6 heteroatoms. The van der Waals surface area contributed by atoms with Crippen molar-refractivity contribution < 1.29 is 9.84 Å². The van der Waals surface area contributed by atoms with E-state index in [0.717, 1.165) is 12.8 Å². The number of anilines is 1. The number of aliphatic hydroxyl groups is 1. The predicted octanol–water partition coefficient (Wildman–Crippen LogP) is 0.164. The Morgan fingerprint density at radius 2 is 2.32 bits per heavy atom. The molecule has 2 fully saturated rings. The zero-order valence-electron chi connectivity index (χ0n) is 11.0. The molecular weight excluding hydrogens is 246 g/mol. The second-order valence-corrected chi connectivity index (χ2v) is 5.33. The predicted molar refractivity (Wildman–Crippen MR) is 70.4 cm³/mol. The summed E-state index contributed by atoms with van der Waals surface area (Å²) in [4.78, 5) is 18.6. The highest BCUT2D eigenvalue weighted by Crippen LogP contribution is 2.33. The number of rotatable bonds is 3. The lowest BCUT2D eigenvalue weighted by Crippen LogP contribution is -2.52. The highest BCUT2D eigenvalue weighted by molar-refractivity contribution is 5.38. The van der Waals surface area contributed by atoms with Crippen LogP contribution in [0.3, 0.4) is 0 Å². The van der Waals surface area contributed by atoms with Crippen LogP contribution in [0.15, 0.2) is 17.2 Å². The minimum atomic E-state index is -0.244. The summed E-state index contributed by atoms with van der Waals surface area (Å²) in [6.07, 6.45) is 5.35. The van der Waals surface area contributed by atoms with Gasteiger partial charge in [0.15, 0.2) is 5.82 Å². The normalized spacial score (nSPS) is 27.6. The molecule has 3 rings (SSSR count). The van der Waals surface area contributed by atoms with Gasteiger partial charge in [-0.2, -0.15) is 0 Å². The van der Waals surface area contributed by atoms with E-state index in [1.807, 2.05) is 11.8 Å². The maximum atomic E-state index is 12.4. The van der Waals surface area contributed by atoms with Crippen LogP contribution in [0.25, 0.3) is 0 Å². The smallest absolute Gasteiger partial charge is 0.293 e. The number of aliphatic hydroxyl groups excluding tert-OH is 1. The van der Waals surface area contributed by atoms with Crippen molar-refractivity contribution in [3.63, 3.8) is 0 Å². The van der Waals surface area contributed by atoms with Crippen LogP contribution in [0.5, 0.6) is 0 Å². The summed E-state index contributed by atoms with van der Waals surface area (Å²) >= 11 is 0. The molecule has 1 saturated carbocycles. The number of aromatic nitrogens is 2. The molecule has 6 nitrogen and oxygen atoms in total. The van der Waals surface area contributed by atoms with E-state index in [0.29, 0.717) is 25.0 Å². The zero-order chi connectivity index (χ0) is 13.4. The summed E-state index contributed by atoms with van der Waals surface area (Å²) in [6, 6.07) is 0.442. The van der Waals surface area contributed by atoms with Crippen molar-refractivity contribution in [2.75, 3.05) is 24.7 Å². The molecule has 0 amide bonds. The first-order valence-electron chi connectivity index (χ1n) is 6.77. The van der Waals surface area contributed by atoms with Crippen LogP contribution < -0.4 is 10.5 Å². The van der Waals surface area contributed by atoms with E-state index in [9.17, 15) is 9.90 Å². The van der Waals surface area contributed by atoms with Crippen molar-refractivity contribution in [1.29, 1.82) is 0 Å². The molecule has 2 atom stereocenters. The monoisotopic (exact) mass is 265 g/mol. The highest BCUT2D eigenvalue weighted by atomic mass is 16.5. The first kappa shape index (κ1) is 12.6. The number of hydrogen-bond acceptors (Lipinski definition) is 5. The van der Waals surface area contributed by atoms with Crippen LogP contribution in [0.2, 0.25) is 0 Å². The van der Waals surface area contributed by atoms with E-state index >= 15 is 0 Å². The Kier molecular flexibility index (Phi) is 3.28. The molecular formula is C13H19N3O3. The fraction of sp³-hybridized carbons (Fsp3) is 0.692. The Morgan fingerprint density at radius 3 is 3.00 bits per heavy atom. The molecule has 2 unspecified atom stereocenters. The van der Waals surface area contributed by atoms with Gasteiger partial charge in [0.05, 0.1) is 25.4 Å². The van der Waals surface area contributed by atoms with Gasteiger partial charge in [-0.15, -0.1) is 0 Å². The fourth-order valence-corrected chi connectivity index (χ4v) is 2.47. The van der Waals surface area contributed by atoms with Gasteiger partial charge >= 0.3 is 0 Å². The molecule has 1 aromatic rings. The van der Waals surface area contributed by atoms with Crippen LogP contribution in [0.4, 0.5) is 5.82 Å². The van der Waals surface area contributed by atoms with Gasteiger partial charge < -0.3 is 19.3 Å². The standard InChI is InChI=1S/C13H19N3O3/c1-9-8-19-11(7-17)6-16(9)12-13(18)15(5-4-14-12)10-2-3-10/h4-5,9-11,17H,2-3,6-8H2,1H3. The molecule has 0 aromatic carbocycles. The number of nitrogens with zero attached hydrogens (tertiary/aromatic N) is 3. The average Bonchev–Trinajstić information content (AvgIpc) is 3.24. The summed E-state index contributed by atoms with van der Waals surface area (Å²) in [7, 11) is 0. The van der Waals surface area contributed by atoms with Gasteiger partial charge in [-0.3, -0.25) is 4.79 Å². The van der Waals surface area contributed by atoms with E-state index in [-0.39, 0.29) is 24.3 Å². The molecule has 0 radical (unpaired) electrons. The molecule has 2 aliphatic rings. The highest BCUT2D eigenvalue weighted by Gasteiger charge is 2.31. The summed E-state index contributed by atoms with van der Waals surface area (Å²) in [5.41, 5.74) is -0.0320. The van der Waals surface area contributed by atoms with Crippen molar-refractivity contribution in [3.8, 4) is 0 Å². The van der Waals surface area contributed by atoms with E-state index in [2.05, 4.69) is 4.98 Å². The van der Waals surface area contributed by atoms with Gasteiger partial charge in [-0.1, -0.05) is 0 Å². The molecule has 0 spiro atoms. The first-order chi connectivity index (χ1) is 9.20. The minimum Gasteiger partial charge on any atom is -0.394 e. The van der Waals surface area contributed by atoms with Gasteiger partial charge in [-0.25, -0.2) is 4.98 Å². The van der Waals surface area contributed by atoms with Gasteiger partial charge in [0.25, 0.3) is 5.56 Å². The molecule has 1 N–H and O–H groups in total. The second-order valence-electron chi connectivity index (χ2n) is 5.33. The van der Waals surface area contributed by atoms with Crippen LogP contribution in [0.1, 0.15) is 25.8 Å². The lowest BCUT2D eigenvalue weighted by Gasteiger charge is -2.37. The molecule has 19 heavy (non-hydrogen) atoms. The Bertz CT molecular complexity index is 512. The van der Waals surface area contributed by atoms with E-state index < -0.39 is 0 Å². The molecule has 1 aliphatic heterocycles. The van der Waals surface area contributed by atoms with Crippen LogP contribution in [0, 0.1) is 0 Å². The molecule has 104 valence electrons. The van der Waals surface area contributed by atoms with E-state index in [4.69, 9.17) is 4.74 Å². The largest absolute Gasteiger partial charge is 0.394 e. The lowest BCUT2D eigenvalue weighted by molar-refractivity contribution is -0.0106. The number of hydrogen-bond donors (Lipinski definition) is 1. The van der Waals surface area contributed by atoms with Crippen molar-refractivity contribution >= 4 is 5.82 Å². The Morgan fingerprint density at radius 1 is 1.53 bits per heavy atom. The molecule has 1 aromatic heterocycles. The van der Waals surface area contributed by atoms with Crippen molar-refractivity contribution in [2.45, 2.75) is 38.0 Å². The SMILES string of the molecule is CC1COC(CO)CN1c1nccn(C2CC2)c1=O. The summed E-state index contributed by atoms with van der Waals surface area (Å²) in [5.74, 6) is 0.476. The van der Waals surface area contributed by atoms with E-state index in [1.165, 1.54) is 0 Å². The molecule has 1 aliphatic carbocycles. The van der Waals surface area contributed by atoms with Crippen LogP contribution >= 0.6 is 0 Å². The maximum Gasteiger partial charge on any atom is 0.293 e. The van der Waals surface area contributed by atoms with Gasteiger partial charge in [0.1, 0.15) is 0 Å². The maximum absolute atomic E-state index is 12.4. The summed E-state index contributed by atoms with van der Waals surface area (Å²) in [6.45, 7) is 2.98. The third-order valence-corrected chi connectivity index (χ3v) is 3.77. The van der Waals surface area contributed by atoms with Crippen LogP contribution in [-0.2, 0) is 4.74 Å². The number of morpholine rings is 1. The third-order valence-electron chi connectivity index (χ3n) is 3.77. The van der Waals surface area contributed by atoms with Crippen molar-refractivity contribution in [3.05, 3.63) is 22.7 Å². The van der Waals surface area contributed by atoms with Gasteiger partial charge in [-0.05, 0) is 19.8 Å². The molecule has 2 heterocycles. The van der Waals surface area contributed by atoms with Crippen molar-refractivity contribution in [2.24, 2.45) is 0 Å². The summed E-state index contributed by atoms with van der Waals surface area (Å²) < 4.78 is 7.27. The minimum absolute atomic E-state index is 0.0320.